The molecule has 0 radical (unpaired) electrons. The highest BCUT2D eigenvalue weighted by Gasteiger charge is 2.42. The van der Waals surface area contributed by atoms with Crippen LogP contribution in [-0.4, -0.2) is 40.6 Å². The van der Waals surface area contributed by atoms with Gasteiger partial charge in [0.1, 0.15) is 24.1 Å². The third kappa shape index (κ3) is 4.75. The van der Waals surface area contributed by atoms with Gasteiger partial charge in [-0.3, -0.25) is 4.18 Å². The molecule has 1 aromatic heterocycles. The molecule has 0 aliphatic rings. The van der Waals surface area contributed by atoms with Crippen molar-refractivity contribution >= 4 is 21.7 Å². The molecule has 25 heavy (non-hydrogen) atoms. The second-order valence-corrected chi connectivity index (χ2v) is 7.94. The molecule has 0 fully saturated rings. The van der Waals surface area contributed by atoms with Crippen molar-refractivity contribution in [2.24, 2.45) is 5.92 Å². The van der Waals surface area contributed by atoms with E-state index in [1.54, 1.807) is 6.92 Å². The summed E-state index contributed by atoms with van der Waals surface area (Å²) in [4.78, 5) is 3.82. The zero-order valence-corrected chi connectivity index (χ0v) is 15.5. The fourth-order valence-corrected chi connectivity index (χ4v) is 3.67. The highest BCUT2D eigenvalue weighted by molar-refractivity contribution is 7.86. The summed E-state index contributed by atoms with van der Waals surface area (Å²) in [5, 5.41) is 15.4. The number of hydrogen-bond donors (Lipinski definition) is 1. The average Bonchev–Trinajstić information content (AvgIpc) is 2.97. The van der Waals surface area contributed by atoms with Gasteiger partial charge in [-0.05, 0) is 19.1 Å². The van der Waals surface area contributed by atoms with Crippen LogP contribution in [0.15, 0.2) is 30.9 Å². The Bertz CT molecular complexity index is 831. The second-order valence-electron chi connectivity index (χ2n) is 5.94. The summed E-state index contributed by atoms with van der Waals surface area (Å²) in [7, 11) is -3.73. The molecule has 1 N–H and O–H groups in total. The molecule has 7 nitrogen and oxygen atoms in total. The van der Waals surface area contributed by atoms with Gasteiger partial charge >= 0.3 is 0 Å². The van der Waals surface area contributed by atoms with Crippen molar-refractivity contribution in [2.45, 2.75) is 32.1 Å². The third-order valence-corrected chi connectivity index (χ3v) is 5.02. The molecule has 138 valence electrons. The van der Waals surface area contributed by atoms with Crippen LogP contribution in [0.2, 0.25) is 5.02 Å². The van der Waals surface area contributed by atoms with Crippen LogP contribution in [-0.2, 0) is 26.4 Å². The van der Waals surface area contributed by atoms with Crippen molar-refractivity contribution in [3.8, 4) is 0 Å². The van der Waals surface area contributed by atoms with E-state index >= 15 is 0 Å². The maximum atomic E-state index is 13.4. The Morgan fingerprint density at radius 3 is 2.64 bits per heavy atom. The molecule has 0 bridgehead atoms. The predicted octanol–water partition coefficient (Wildman–Crippen LogP) is 1.96. The number of hydrogen-bond acceptors (Lipinski definition) is 6. The van der Waals surface area contributed by atoms with Crippen molar-refractivity contribution in [2.75, 3.05) is 6.26 Å². The smallest absolute Gasteiger partial charge is 0.264 e. The summed E-state index contributed by atoms with van der Waals surface area (Å²) in [6.45, 7) is 3.07. The molecular weight excluding hydrogens is 373 g/mol. The molecule has 2 rings (SSSR count). The van der Waals surface area contributed by atoms with E-state index < -0.39 is 33.6 Å². The average molecular weight is 392 g/mol. The maximum Gasteiger partial charge on any atom is 0.264 e. The van der Waals surface area contributed by atoms with E-state index in [1.807, 2.05) is 0 Å². The lowest BCUT2D eigenvalue weighted by atomic mass is 9.79. The predicted molar refractivity (Wildman–Crippen MR) is 89.9 cm³/mol. The van der Waals surface area contributed by atoms with Gasteiger partial charge in [-0.15, -0.1) is 0 Å². The molecule has 10 heteroatoms. The van der Waals surface area contributed by atoms with E-state index in [0.29, 0.717) is 0 Å². The van der Waals surface area contributed by atoms with E-state index in [4.69, 9.17) is 15.8 Å². The molecule has 1 heterocycles. The van der Waals surface area contributed by atoms with Crippen molar-refractivity contribution in [3.63, 3.8) is 0 Å². The molecule has 3 atom stereocenters. The van der Waals surface area contributed by atoms with Crippen molar-refractivity contribution in [1.82, 2.24) is 14.8 Å². The van der Waals surface area contributed by atoms with Gasteiger partial charge < -0.3 is 5.11 Å². The van der Waals surface area contributed by atoms with Crippen LogP contribution in [0.4, 0.5) is 4.39 Å². The van der Waals surface area contributed by atoms with Gasteiger partial charge in [-0.25, -0.2) is 14.1 Å². The minimum absolute atomic E-state index is 0.0148. The fourth-order valence-electron chi connectivity index (χ4n) is 2.62. The first kappa shape index (κ1) is 19.8. The van der Waals surface area contributed by atoms with Crippen molar-refractivity contribution in [1.29, 1.82) is 0 Å². The van der Waals surface area contributed by atoms with Crippen molar-refractivity contribution < 1.29 is 22.1 Å². The summed E-state index contributed by atoms with van der Waals surface area (Å²) >= 11 is 6.13. The Morgan fingerprint density at radius 1 is 1.44 bits per heavy atom. The zero-order chi connectivity index (χ0) is 18.8. The van der Waals surface area contributed by atoms with Gasteiger partial charge in [-0.1, -0.05) is 24.6 Å². The molecule has 0 spiro atoms. The summed E-state index contributed by atoms with van der Waals surface area (Å²) in [5.41, 5.74) is -1.44. The maximum absolute atomic E-state index is 13.4. The molecule has 0 saturated heterocycles. The van der Waals surface area contributed by atoms with Crippen LogP contribution in [0.3, 0.4) is 0 Å². The summed E-state index contributed by atoms with van der Waals surface area (Å²) in [6, 6.07) is 3.61. The van der Waals surface area contributed by atoms with Crippen LogP contribution >= 0.6 is 11.6 Å². The van der Waals surface area contributed by atoms with Gasteiger partial charge in [-0.2, -0.15) is 13.5 Å². The Kier molecular flexibility index (Phi) is 5.82. The van der Waals surface area contributed by atoms with Crippen molar-refractivity contribution in [3.05, 3.63) is 47.3 Å². The lowest BCUT2D eigenvalue weighted by Gasteiger charge is -2.37. The van der Waals surface area contributed by atoms with Gasteiger partial charge in [0.15, 0.2) is 0 Å². The Labute approximate surface area is 150 Å². The quantitative estimate of drug-likeness (QED) is 0.725. The van der Waals surface area contributed by atoms with E-state index in [2.05, 4.69) is 10.1 Å². The number of aliphatic hydroxyl groups is 1. The highest BCUT2D eigenvalue weighted by Crippen LogP contribution is 2.38. The van der Waals surface area contributed by atoms with Gasteiger partial charge in [0.05, 0.1) is 18.9 Å². The van der Waals surface area contributed by atoms with Gasteiger partial charge in [0.2, 0.25) is 0 Å². The second kappa shape index (κ2) is 7.36. The summed E-state index contributed by atoms with van der Waals surface area (Å²) < 4.78 is 42.6. The van der Waals surface area contributed by atoms with Gasteiger partial charge in [0.25, 0.3) is 10.1 Å². The third-order valence-electron chi connectivity index (χ3n) is 4.05. The highest BCUT2D eigenvalue weighted by atomic mass is 35.5. The standard InChI is InChI=1S/C15H19ClFN3O4S/c1-10(11(2)24-25(3,22)23)15(21,7-20-9-18-8-19-20)13-5-4-12(17)6-14(13)16/h4-6,8-11,21H,7H2,1-3H3. The lowest BCUT2D eigenvalue weighted by Crippen LogP contribution is -2.44. The van der Waals surface area contributed by atoms with Crippen LogP contribution < -0.4 is 0 Å². The van der Waals surface area contributed by atoms with E-state index in [-0.39, 0.29) is 17.1 Å². The number of aromatic nitrogens is 3. The molecule has 3 unspecified atom stereocenters. The first-order valence-corrected chi connectivity index (χ1v) is 9.61. The number of nitrogens with zero attached hydrogens (tertiary/aromatic N) is 3. The summed E-state index contributed by atoms with van der Waals surface area (Å²) in [5.74, 6) is -1.28. The van der Waals surface area contributed by atoms with E-state index in [9.17, 15) is 17.9 Å². The summed E-state index contributed by atoms with van der Waals surface area (Å²) in [6.07, 6.45) is 2.76. The van der Waals surface area contributed by atoms with Crippen LogP contribution in [0.1, 0.15) is 19.4 Å². The molecule has 1 aromatic carbocycles. The molecule has 0 amide bonds. The number of halogens is 2. The normalized spacial score (nSPS) is 17.0. The SMILES string of the molecule is CC(OS(C)(=O)=O)C(C)C(O)(Cn1cncn1)c1ccc(F)cc1Cl. The molecule has 0 saturated carbocycles. The Hall–Kier alpha value is -1.55. The largest absolute Gasteiger partial charge is 0.383 e. The molecule has 2 aromatic rings. The zero-order valence-electron chi connectivity index (χ0n) is 13.9. The van der Waals surface area contributed by atoms with Crippen LogP contribution in [0, 0.1) is 11.7 Å². The monoisotopic (exact) mass is 391 g/mol. The topological polar surface area (TPSA) is 94.3 Å². The van der Waals surface area contributed by atoms with Gasteiger partial charge in [0, 0.05) is 16.5 Å². The lowest BCUT2D eigenvalue weighted by molar-refractivity contribution is -0.0703. The number of rotatable bonds is 7. The Morgan fingerprint density at radius 2 is 2.12 bits per heavy atom. The first-order chi connectivity index (χ1) is 11.5. The molecule has 0 aliphatic carbocycles. The fraction of sp³-hybridized carbons (Fsp3) is 0.467. The molecular formula is C15H19ClFN3O4S. The minimum atomic E-state index is -3.73. The van der Waals surface area contributed by atoms with E-state index in [1.165, 1.54) is 36.4 Å². The van der Waals surface area contributed by atoms with Crippen LogP contribution in [0.25, 0.3) is 0 Å². The number of benzene rings is 1. The minimum Gasteiger partial charge on any atom is -0.383 e. The Balaban J connectivity index is 2.47. The van der Waals surface area contributed by atoms with Crippen LogP contribution in [0.5, 0.6) is 0 Å². The van der Waals surface area contributed by atoms with E-state index in [0.717, 1.165) is 12.3 Å². The molecule has 0 aliphatic heterocycles. The first-order valence-electron chi connectivity index (χ1n) is 7.41.